The minimum Gasteiger partial charge on any atom is -0.495 e. The zero-order chi connectivity index (χ0) is 16.9. The smallest absolute Gasteiger partial charge is 0.229 e. The van der Waals surface area contributed by atoms with Gasteiger partial charge in [-0.1, -0.05) is 24.3 Å². The van der Waals surface area contributed by atoms with Gasteiger partial charge in [0.25, 0.3) is 0 Å². The van der Waals surface area contributed by atoms with E-state index in [9.17, 15) is 0 Å². The van der Waals surface area contributed by atoms with Gasteiger partial charge in [-0.3, -0.25) is 0 Å². The average molecular weight is 320 g/mol. The van der Waals surface area contributed by atoms with E-state index in [0.29, 0.717) is 5.95 Å². The van der Waals surface area contributed by atoms with E-state index < -0.39 is 0 Å². The van der Waals surface area contributed by atoms with Gasteiger partial charge in [0, 0.05) is 17.4 Å². The largest absolute Gasteiger partial charge is 0.495 e. The van der Waals surface area contributed by atoms with Crippen molar-refractivity contribution in [2.45, 2.75) is 13.8 Å². The Morgan fingerprint density at radius 2 is 1.67 bits per heavy atom. The summed E-state index contributed by atoms with van der Waals surface area (Å²) in [7, 11) is 1.65. The van der Waals surface area contributed by atoms with Crippen LogP contribution in [0.3, 0.4) is 0 Å². The van der Waals surface area contributed by atoms with Gasteiger partial charge < -0.3 is 15.4 Å². The molecular formula is C19H20N4O. The van der Waals surface area contributed by atoms with Crippen LogP contribution >= 0.6 is 0 Å². The minimum absolute atomic E-state index is 0.525. The van der Waals surface area contributed by atoms with Gasteiger partial charge >= 0.3 is 0 Å². The van der Waals surface area contributed by atoms with Gasteiger partial charge in [0.1, 0.15) is 11.6 Å². The second kappa shape index (κ2) is 7.00. The van der Waals surface area contributed by atoms with E-state index in [-0.39, 0.29) is 0 Å². The molecule has 2 N–H and O–H groups in total. The summed E-state index contributed by atoms with van der Waals surface area (Å²) >= 11 is 0. The Kier molecular flexibility index (Phi) is 4.61. The van der Waals surface area contributed by atoms with Crippen molar-refractivity contribution in [1.29, 1.82) is 0 Å². The van der Waals surface area contributed by atoms with Gasteiger partial charge in [-0.15, -0.1) is 0 Å². The molecule has 0 aliphatic rings. The van der Waals surface area contributed by atoms with Crippen molar-refractivity contribution >= 4 is 23.1 Å². The van der Waals surface area contributed by atoms with Gasteiger partial charge in [0.05, 0.1) is 12.8 Å². The van der Waals surface area contributed by atoms with Gasteiger partial charge in [-0.2, -0.15) is 4.98 Å². The van der Waals surface area contributed by atoms with Crippen molar-refractivity contribution in [3.63, 3.8) is 0 Å². The second-order valence-corrected chi connectivity index (χ2v) is 5.54. The van der Waals surface area contributed by atoms with E-state index >= 15 is 0 Å². The van der Waals surface area contributed by atoms with Gasteiger partial charge in [-0.25, -0.2) is 4.98 Å². The fourth-order valence-electron chi connectivity index (χ4n) is 2.40. The number of nitrogens with zero attached hydrogens (tertiary/aromatic N) is 2. The molecule has 1 heterocycles. The molecule has 5 heteroatoms. The van der Waals surface area contributed by atoms with E-state index in [2.05, 4.69) is 20.6 Å². The van der Waals surface area contributed by atoms with Crippen LogP contribution in [0.4, 0.5) is 23.1 Å². The van der Waals surface area contributed by atoms with Crippen LogP contribution in [-0.2, 0) is 0 Å². The molecule has 5 nitrogen and oxygen atoms in total. The highest BCUT2D eigenvalue weighted by molar-refractivity contribution is 5.65. The number of rotatable bonds is 5. The molecule has 122 valence electrons. The standard InChI is InChI=1S/C19H20N4O/c1-13-9-10-17(24-3)16(11-13)22-19-20-14(2)12-18(23-19)21-15-7-5-4-6-8-15/h4-12H,1-3H3,(H2,20,21,22,23). The molecule has 2 aromatic carbocycles. The number of methoxy groups -OCH3 is 1. The third kappa shape index (κ3) is 3.81. The van der Waals surface area contributed by atoms with Crippen LogP contribution in [0, 0.1) is 13.8 Å². The lowest BCUT2D eigenvalue weighted by atomic mass is 10.2. The van der Waals surface area contributed by atoms with Crippen molar-refractivity contribution in [3.8, 4) is 5.75 Å². The molecule has 0 bridgehead atoms. The van der Waals surface area contributed by atoms with Crippen LogP contribution in [0.25, 0.3) is 0 Å². The highest BCUT2D eigenvalue weighted by Crippen LogP contribution is 2.28. The number of hydrogen-bond acceptors (Lipinski definition) is 5. The molecule has 0 aliphatic carbocycles. The number of aryl methyl sites for hydroxylation is 2. The summed E-state index contributed by atoms with van der Waals surface area (Å²) in [4.78, 5) is 9.00. The molecule has 0 saturated carbocycles. The van der Waals surface area contributed by atoms with Crippen molar-refractivity contribution < 1.29 is 4.74 Å². The molecule has 0 unspecified atom stereocenters. The van der Waals surface area contributed by atoms with Crippen molar-refractivity contribution in [1.82, 2.24) is 9.97 Å². The highest BCUT2D eigenvalue weighted by Gasteiger charge is 2.07. The number of aromatic nitrogens is 2. The molecule has 0 atom stereocenters. The minimum atomic E-state index is 0.525. The van der Waals surface area contributed by atoms with E-state index in [0.717, 1.165) is 34.2 Å². The third-order valence-electron chi connectivity index (χ3n) is 3.50. The van der Waals surface area contributed by atoms with E-state index in [1.165, 1.54) is 0 Å². The molecule has 0 radical (unpaired) electrons. The van der Waals surface area contributed by atoms with Crippen LogP contribution < -0.4 is 15.4 Å². The summed E-state index contributed by atoms with van der Waals surface area (Å²) < 4.78 is 5.39. The number of hydrogen-bond donors (Lipinski definition) is 2. The first-order valence-corrected chi connectivity index (χ1v) is 7.73. The summed E-state index contributed by atoms with van der Waals surface area (Å²) in [6, 6.07) is 17.8. The van der Waals surface area contributed by atoms with Crippen molar-refractivity contribution in [2.75, 3.05) is 17.7 Å². The Morgan fingerprint density at radius 1 is 0.875 bits per heavy atom. The zero-order valence-corrected chi connectivity index (χ0v) is 14.0. The monoisotopic (exact) mass is 320 g/mol. The lowest BCUT2D eigenvalue weighted by Gasteiger charge is -2.13. The number of nitrogens with one attached hydrogen (secondary N) is 2. The maximum atomic E-state index is 5.39. The quantitative estimate of drug-likeness (QED) is 0.720. The average Bonchev–Trinajstić information content (AvgIpc) is 2.55. The Balaban J connectivity index is 1.88. The van der Waals surface area contributed by atoms with E-state index in [1.54, 1.807) is 7.11 Å². The van der Waals surface area contributed by atoms with Crippen LogP contribution in [0.15, 0.2) is 54.6 Å². The number of benzene rings is 2. The maximum Gasteiger partial charge on any atom is 0.229 e. The summed E-state index contributed by atoms with van der Waals surface area (Å²) in [5.74, 6) is 2.02. The topological polar surface area (TPSA) is 59.1 Å². The Morgan fingerprint density at radius 3 is 2.42 bits per heavy atom. The molecule has 0 fully saturated rings. The van der Waals surface area contributed by atoms with Crippen LogP contribution in [0.5, 0.6) is 5.75 Å². The molecule has 0 saturated heterocycles. The van der Waals surface area contributed by atoms with Gasteiger partial charge in [0.15, 0.2) is 0 Å². The fourth-order valence-corrected chi connectivity index (χ4v) is 2.40. The molecule has 3 aromatic rings. The first kappa shape index (κ1) is 15.8. The van der Waals surface area contributed by atoms with Crippen LogP contribution in [-0.4, -0.2) is 17.1 Å². The maximum absolute atomic E-state index is 5.39. The van der Waals surface area contributed by atoms with E-state index in [4.69, 9.17) is 4.74 Å². The molecule has 1 aromatic heterocycles. The third-order valence-corrected chi connectivity index (χ3v) is 3.50. The number of para-hydroxylation sites is 1. The zero-order valence-electron chi connectivity index (χ0n) is 14.0. The SMILES string of the molecule is COc1ccc(C)cc1Nc1nc(C)cc(Nc2ccccc2)n1. The fraction of sp³-hybridized carbons (Fsp3) is 0.158. The molecule has 0 amide bonds. The summed E-state index contributed by atoms with van der Waals surface area (Å²) in [5.41, 5.74) is 3.83. The predicted molar refractivity (Wildman–Crippen MR) is 97.5 cm³/mol. The lowest BCUT2D eigenvalue weighted by Crippen LogP contribution is -2.03. The molecule has 0 spiro atoms. The normalized spacial score (nSPS) is 10.3. The van der Waals surface area contributed by atoms with Crippen molar-refractivity contribution in [3.05, 3.63) is 65.9 Å². The first-order chi connectivity index (χ1) is 11.6. The van der Waals surface area contributed by atoms with Crippen molar-refractivity contribution in [2.24, 2.45) is 0 Å². The summed E-state index contributed by atoms with van der Waals surface area (Å²) in [5, 5.41) is 6.53. The molecule has 3 rings (SSSR count). The lowest BCUT2D eigenvalue weighted by molar-refractivity contribution is 0.416. The summed E-state index contributed by atoms with van der Waals surface area (Å²) in [6.45, 7) is 3.97. The first-order valence-electron chi connectivity index (χ1n) is 7.73. The molecule has 0 aliphatic heterocycles. The van der Waals surface area contributed by atoms with Crippen LogP contribution in [0.1, 0.15) is 11.3 Å². The summed E-state index contributed by atoms with van der Waals surface area (Å²) in [6.07, 6.45) is 0. The predicted octanol–water partition coefficient (Wildman–Crippen LogP) is 4.59. The highest BCUT2D eigenvalue weighted by atomic mass is 16.5. The number of anilines is 4. The van der Waals surface area contributed by atoms with Crippen LogP contribution in [0.2, 0.25) is 0 Å². The molecule has 24 heavy (non-hydrogen) atoms. The Labute approximate surface area is 141 Å². The van der Waals surface area contributed by atoms with Gasteiger partial charge in [0.2, 0.25) is 5.95 Å². The Bertz CT molecular complexity index is 834. The second-order valence-electron chi connectivity index (χ2n) is 5.54. The molecular weight excluding hydrogens is 300 g/mol. The van der Waals surface area contributed by atoms with Gasteiger partial charge in [-0.05, 0) is 43.7 Å². The number of ether oxygens (including phenoxy) is 1. The Hall–Kier alpha value is -3.08. The van der Waals surface area contributed by atoms with E-state index in [1.807, 2.05) is 68.4 Å².